The molecule has 1 heterocycles. The zero-order valence-corrected chi connectivity index (χ0v) is 17.1. The fourth-order valence-corrected chi connectivity index (χ4v) is 4.86. The van der Waals surface area contributed by atoms with E-state index in [1.807, 2.05) is 62.6 Å². The summed E-state index contributed by atoms with van der Waals surface area (Å²) in [4.78, 5) is 4.25. The van der Waals surface area contributed by atoms with Gasteiger partial charge < -0.3 is 14.7 Å². The first-order valence-electron chi connectivity index (χ1n) is 9.52. The SMILES string of the molecule is CN(C)CCOc1ccc2c(c1)Sc1ccccc1C2(O)Cc1ccccc1. The van der Waals surface area contributed by atoms with E-state index in [1.54, 1.807) is 11.8 Å². The molecule has 0 amide bonds. The molecule has 0 fully saturated rings. The maximum absolute atomic E-state index is 11.9. The molecule has 0 radical (unpaired) electrons. The molecule has 0 aliphatic carbocycles. The van der Waals surface area contributed by atoms with Crippen LogP contribution in [0.3, 0.4) is 0 Å². The molecule has 4 rings (SSSR count). The van der Waals surface area contributed by atoms with Gasteiger partial charge in [-0.1, -0.05) is 66.4 Å². The second-order valence-electron chi connectivity index (χ2n) is 7.43. The minimum absolute atomic E-state index is 0.541. The van der Waals surface area contributed by atoms with Gasteiger partial charge in [0, 0.05) is 33.9 Å². The van der Waals surface area contributed by atoms with Gasteiger partial charge in [-0.15, -0.1) is 0 Å². The first-order valence-corrected chi connectivity index (χ1v) is 10.3. The van der Waals surface area contributed by atoms with E-state index < -0.39 is 5.60 Å². The van der Waals surface area contributed by atoms with Crippen LogP contribution in [0.25, 0.3) is 0 Å². The highest BCUT2D eigenvalue weighted by Gasteiger charge is 2.39. The molecule has 3 nitrogen and oxygen atoms in total. The Bertz CT molecular complexity index is 958. The summed E-state index contributed by atoms with van der Waals surface area (Å²) in [5.41, 5.74) is 1.97. The van der Waals surface area contributed by atoms with Gasteiger partial charge in [0.1, 0.15) is 18.0 Å². The van der Waals surface area contributed by atoms with Gasteiger partial charge in [-0.2, -0.15) is 0 Å². The van der Waals surface area contributed by atoms with Gasteiger partial charge in [-0.25, -0.2) is 0 Å². The van der Waals surface area contributed by atoms with Crippen LogP contribution in [-0.2, 0) is 12.0 Å². The van der Waals surface area contributed by atoms with Crippen LogP contribution in [0.2, 0.25) is 0 Å². The lowest BCUT2D eigenvalue weighted by Crippen LogP contribution is -2.33. The maximum Gasteiger partial charge on any atom is 0.121 e. The van der Waals surface area contributed by atoms with E-state index in [1.165, 1.54) is 0 Å². The van der Waals surface area contributed by atoms with Gasteiger partial charge in [-0.3, -0.25) is 0 Å². The lowest BCUT2D eigenvalue weighted by Gasteiger charge is -2.36. The Labute approximate surface area is 171 Å². The molecule has 0 aromatic heterocycles. The van der Waals surface area contributed by atoms with E-state index in [2.05, 4.69) is 29.2 Å². The normalized spacial score (nSPS) is 17.9. The van der Waals surface area contributed by atoms with E-state index in [9.17, 15) is 5.11 Å². The fraction of sp³-hybridized carbons (Fsp3) is 0.250. The molecule has 28 heavy (non-hydrogen) atoms. The fourth-order valence-electron chi connectivity index (χ4n) is 3.61. The Morgan fingerprint density at radius 2 is 1.61 bits per heavy atom. The predicted octanol–water partition coefficient (Wildman–Crippen LogP) is 4.57. The smallest absolute Gasteiger partial charge is 0.121 e. The zero-order valence-electron chi connectivity index (χ0n) is 16.3. The van der Waals surface area contributed by atoms with Crippen molar-refractivity contribution in [2.75, 3.05) is 27.2 Å². The zero-order chi connectivity index (χ0) is 19.6. The molecule has 144 valence electrons. The summed E-state index contributed by atoms with van der Waals surface area (Å²) in [7, 11) is 4.07. The summed E-state index contributed by atoms with van der Waals surface area (Å²) in [6.45, 7) is 1.51. The van der Waals surface area contributed by atoms with E-state index in [-0.39, 0.29) is 0 Å². The van der Waals surface area contributed by atoms with Crippen LogP contribution < -0.4 is 4.74 Å². The molecule has 3 aromatic carbocycles. The van der Waals surface area contributed by atoms with Gasteiger partial charge in [0.15, 0.2) is 0 Å². The second-order valence-corrected chi connectivity index (χ2v) is 8.51. The molecule has 4 heteroatoms. The van der Waals surface area contributed by atoms with Crippen molar-refractivity contribution < 1.29 is 9.84 Å². The Balaban J connectivity index is 1.71. The van der Waals surface area contributed by atoms with Crippen LogP contribution in [0, 0.1) is 0 Å². The van der Waals surface area contributed by atoms with Crippen LogP contribution in [0.5, 0.6) is 5.75 Å². The summed E-state index contributed by atoms with van der Waals surface area (Å²) in [6, 6.07) is 24.4. The number of nitrogens with zero attached hydrogens (tertiary/aromatic N) is 1. The van der Waals surface area contributed by atoms with Crippen molar-refractivity contribution in [2.24, 2.45) is 0 Å². The van der Waals surface area contributed by atoms with E-state index >= 15 is 0 Å². The Kier molecular flexibility index (Phi) is 5.44. The summed E-state index contributed by atoms with van der Waals surface area (Å²) in [6.07, 6.45) is 0.541. The molecule has 0 bridgehead atoms. The summed E-state index contributed by atoms with van der Waals surface area (Å²) >= 11 is 1.70. The molecule has 1 atom stereocenters. The monoisotopic (exact) mass is 391 g/mol. The van der Waals surface area contributed by atoms with Gasteiger partial charge in [-0.05, 0) is 37.9 Å². The summed E-state index contributed by atoms with van der Waals surface area (Å²) < 4.78 is 5.92. The van der Waals surface area contributed by atoms with Crippen LogP contribution in [0.1, 0.15) is 16.7 Å². The second kappa shape index (κ2) is 8.00. The average Bonchev–Trinajstić information content (AvgIpc) is 2.68. The topological polar surface area (TPSA) is 32.7 Å². The molecule has 0 saturated carbocycles. The Morgan fingerprint density at radius 1 is 0.893 bits per heavy atom. The van der Waals surface area contributed by atoms with Gasteiger partial charge in [0.25, 0.3) is 0 Å². The van der Waals surface area contributed by atoms with Crippen LogP contribution >= 0.6 is 11.8 Å². The lowest BCUT2D eigenvalue weighted by atomic mass is 9.81. The van der Waals surface area contributed by atoms with Crippen molar-refractivity contribution in [3.63, 3.8) is 0 Å². The molecule has 1 unspecified atom stereocenters. The maximum atomic E-state index is 11.9. The molecule has 1 aliphatic rings. The number of hydrogen-bond donors (Lipinski definition) is 1. The third-order valence-electron chi connectivity index (χ3n) is 5.06. The summed E-state index contributed by atoms with van der Waals surface area (Å²) in [5.74, 6) is 0.842. The van der Waals surface area contributed by atoms with Crippen molar-refractivity contribution in [3.8, 4) is 5.75 Å². The van der Waals surface area contributed by atoms with Crippen molar-refractivity contribution in [1.29, 1.82) is 0 Å². The molecule has 0 spiro atoms. The number of hydrogen-bond acceptors (Lipinski definition) is 4. The lowest BCUT2D eigenvalue weighted by molar-refractivity contribution is 0.0742. The molecule has 1 aliphatic heterocycles. The highest BCUT2D eigenvalue weighted by atomic mass is 32.2. The number of benzene rings is 3. The molecule has 0 saturated heterocycles. The van der Waals surface area contributed by atoms with Crippen LogP contribution in [0.4, 0.5) is 0 Å². The van der Waals surface area contributed by atoms with Crippen LogP contribution in [0.15, 0.2) is 82.6 Å². The largest absolute Gasteiger partial charge is 0.492 e. The highest BCUT2D eigenvalue weighted by molar-refractivity contribution is 7.99. The summed E-state index contributed by atoms with van der Waals surface area (Å²) in [5, 5.41) is 11.9. The number of fused-ring (bicyclic) bond motifs is 2. The quantitative estimate of drug-likeness (QED) is 0.667. The van der Waals surface area contributed by atoms with Crippen molar-refractivity contribution in [2.45, 2.75) is 21.8 Å². The van der Waals surface area contributed by atoms with Crippen molar-refractivity contribution in [3.05, 3.63) is 89.5 Å². The minimum Gasteiger partial charge on any atom is -0.492 e. The number of aliphatic hydroxyl groups is 1. The third kappa shape index (κ3) is 3.81. The Morgan fingerprint density at radius 3 is 2.39 bits per heavy atom. The molecular formula is C24H25NO2S. The molecular weight excluding hydrogens is 366 g/mol. The van der Waals surface area contributed by atoms with E-state index in [0.717, 1.165) is 38.8 Å². The van der Waals surface area contributed by atoms with Gasteiger partial charge in [0.05, 0.1) is 0 Å². The number of rotatable bonds is 6. The predicted molar refractivity (Wildman–Crippen MR) is 114 cm³/mol. The average molecular weight is 392 g/mol. The van der Waals surface area contributed by atoms with Gasteiger partial charge >= 0.3 is 0 Å². The first-order chi connectivity index (χ1) is 13.6. The highest BCUT2D eigenvalue weighted by Crippen LogP contribution is 2.50. The van der Waals surface area contributed by atoms with E-state index in [4.69, 9.17) is 4.74 Å². The first kappa shape index (κ1) is 19.1. The standard InChI is InChI=1S/C24H25NO2S/c1-25(2)14-15-27-19-12-13-21-23(16-19)28-22-11-7-6-10-20(22)24(21,26)17-18-8-4-3-5-9-18/h3-13,16,26H,14-15,17H2,1-2H3. The van der Waals surface area contributed by atoms with Crippen molar-refractivity contribution in [1.82, 2.24) is 4.90 Å². The minimum atomic E-state index is -1.05. The molecule has 1 N–H and O–H groups in total. The third-order valence-corrected chi connectivity index (χ3v) is 6.19. The Hall–Kier alpha value is -2.27. The van der Waals surface area contributed by atoms with E-state index in [0.29, 0.717) is 13.0 Å². The van der Waals surface area contributed by atoms with Crippen LogP contribution in [-0.4, -0.2) is 37.3 Å². The van der Waals surface area contributed by atoms with Gasteiger partial charge in [0.2, 0.25) is 0 Å². The number of ether oxygens (including phenoxy) is 1. The van der Waals surface area contributed by atoms with Crippen molar-refractivity contribution >= 4 is 11.8 Å². The molecule has 3 aromatic rings. The number of likely N-dealkylation sites (N-methyl/N-ethyl adjacent to an activating group) is 1.